The van der Waals surface area contributed by atoms with Gasteiger partial charge in [-0.05, 0) is 56.6 Å². The molecule has 2 aromatic heterocycles. The SMILES string of the molecule is CS(=O)(CCNc1nonc1-c1noc(=O)n1-c1ccc(F)c(Br)c1)=NC(=O)Nc1ccccc1. The fourth-order valence-corrected chi connectivity index (χ4v) is 4.29. The van der Waals surface area contributed by atoms with E-state index in [0.29, 0.717) is 5.69 Å². The Bertz CT molecular complexity index is 1540. The summed E-state index contributed by atoms with van der Waals surface area (Å²) >= 11 is 3.07. The smallest absolute Gasteiger partial charge is 0.364 e. The minimum Gasteiger partial charge on any atom is -0.364 e. The summed E-state index contributed by atoms with van der Waals surface area (Å²) in [6.07, 6.45) is 1.35. The summed E-state index contributed by atoms with van der Waals surface area (Å²) in [5, 5.41) is 16.6. The average Bonchev–Trinajstić information content (AvgIpc) is 3.42. The first kappa shape index (κ1) is 24.3. The number of urea groups is 1. The van der Waals surface area contributed by atoms with Crippen molar-refractivity contribution in [1.82, 2.24) is 20.0 Å². The summed E-state index contributed by atoms with van der Waals surface area (Å²) in [4.78, 5) is 24.3. The Kier molecular flexibility index (Phi) is 7.07. The molecular formula is C20H17BrFN7O5S. The number of amides is 2. The Balaban J connectivity index is 1.48. The first-order chi connectivity index (χ1) is 16.7. The molecule has 0 aliphatic heterocycles. The molecule has 2 N–H and O–H groups in total. The van der Waals surface area contributed by atoms with Crippen molar-refractivity contribution in [2.75, 3.05) is 29.2 Å². The molecule has 0 bridgehead atoms. The van der Waals surface area contributed by atoms with Gasteiger partial charge >= 0.3 is 11.8 Å². The van der Waals surface area contributed by atoms with E-state index in [4.69, 9.17) is 9.15 Å². The van der Waals surface area contributed by atoms with E-state index in [2.05, 4.69) is 46.4 Å². The fraction of sp³-hybridized carbons (Fsp3) is 0.150. The monoisotopic (exact) mass is 565 g/mol. The number of rotatable bonds is 7. The lowest BCUT2D eigenvalue weighted by Crippen LogP contribution is -2.18. The number of benzene rings is 2. The van der Waals surface area contributed by atoms with Gasteiger partial charge in [-0.15, -0.1) is 4.36 Å². The Morgan fingerprint density at radius 2 is 1.97 bits per heavy atom. The molecule has 2 heterocycles. The van der Waals surface area contributed by atoms with Crippen molar-refractivity contribution in [3.05, 3.63) is 69.4 Å². The number of anilines is 2. The first-order valence-electron chi connectivity index (χ1n) is 9.90. The van der Waals surface area contributed by atoms with Crippen molar-refractivity contribution >= 4 is 43.2 Å². The van der Waals surface area contributed by atoms with Crippen molar-refractivity contribution < 1.29 is 22.5 Å². The van der Waals surface area contributed by atoms with Crippen molar-refractivity contribution in [2.45, 2.75) is 0 Å². The third-order valence-corrected chi connectivity index (χ3v) is 6.66. The zero-order valence-corrected chi connectivity index (χ0v) is 20.4. The molecule has 4 rings (SSSR count). The summed E-state index contributed by atoms with van der Waals surface area (Å²) in [6, 6.07) is 11.8. The molecule has 182 valence electrons. The zero-order chi connectivity index (χ0) is 25.0. The van der Waals surface area contributed by atoms with Crippen LogP contribution < -0.4 is 16.4 Å². The molecule has 0 aliphatic rings. The molecule has 0 spiro atoms. The largest absolute Gasteiger partial charge is 0.446 e. The topological polar surface area (TPSA) is 158 Å². The highest BCUT2D eigenvalue weighted by Gasteiger charge is 2.23. The van der Waals surface area contributed by atoms with Crippen LogP contribution in [-0.2, 0) is 9.73 Å². The summed E-state index contributed by atoms with van der Waals surface area (Å²) in [7, 11) is -2.90. The molecule has 35 heavy (non-hydrogen) atoms. The molecule has 12 nitrogen and oxygen atoms in total. The van der Waals surface area contributed by atoms with Crippen LogP contribution in [0.1, 0.15) is 0 Å². The number of hydrogen-bond donors (Lipinski definition) is 2. The molecule has 4 aromatic rings. The summed E-state index contributed by atoms with van der Waals surface area (Å²) < 4.78 is 40.8. The number of para-hydroxylation sites is 1. The lowest BCUT2D eigenvalue weighted by Gasteiger charge is -2.07. The van der Waals surface area contributed by atoms with Gasteiger partial charge in [0.05, 0.1) is 19.9 Å². The van der Waals surface area contributed by atoms with E-state index in [1.165, 1.54) is 18.4 Å². The highest BCUT2D eigenvalue weighted by molar-refractivity contribution is 9.10. The van der Waals surface area contributed by atoms with Gasteiger partial charge in [0.15, 0.2) is 5.69 Å². The number of nitrogens with zero attached hydrogens (tertiary/aromatic N) is 5. The van der Waals surface area contributed by atoms with Crippen LogP contribution >= 0.6 is 15.9 Å². The maximum atomic E-state index is 13.6. The van der Waals surface area contributed by atoms with Gasteiger partial charge in [-0.25, -0.2) is 27.4 Å². The van der Waals surface area contributed by atoms with Crippen LogP contribution in [0.15, 0.2) is 71.3 Å². The molecular weight excluding hydrogens is 549 g/mol. The van der Waals surface area contributed by atoms with Gasteiger partial charge in [0.25, 0.3) is 0 Å². The van der Waals surface area contributed by atoms with Crippen LogP contribution in [0.5, 0.6) is 0 Å². The van der Waals surface area contributed by atoms with Crippen molar-refractivity contribution in [1.29, 1.82) is 0 Å². The molecule has 2 aromatic carbocycles. The number of carbonyl (C=O) groups is 1. The number of hydrogen-bond acceptors (Lipinski definition) is 9. The van der Waals surface area contributed by atoms with E-state index >= 15 is 0 Å². The normalized spacial score (nSPS) is 12.7. The van der Waals surface area contributed by atoms with Crippen molar-refractivity contribution in [2.24, 2.45) is 4.36 Å². The maximum absolute atomic E-state index is 13.6. The van der Waals surface area contributed by atoms with E-state index in [-0.39, 0.29) is 39.8 Å². The molecule has 0 radical (unpaired) electrons. The number of nitrogens with one attached hydrogen (secondary N) is 2. The van der Waals surface area contributed by atoms with E-state index in [1.807, 2.05) is 0 Å². The molecule has 0 aliphatic carbocycles. The predicted molar refractivity (Wildman–Crippen MR) is 128 cm³/mol. The Labute approximate surface area is 205 Å². The van der Waals surface area contributed by atoms with Crippen LogP contribution in [0.4, 0.5) is 20.7 Å². The second-order valence-electron chi connectivity index (χ2n) is 7.15. The first-order valence-corrected chi connectivity index (χ1v) is 12.8. The average molecular weight is 566 g/mol. The van der Waals surface area contributed by atoms with Crippen LogP contribution in [0.3, 0.4) is 0 Å². The van der Waals surface area contributed by atoms with Gasteiger partial charge in [-0.1, -0.05) is 23.4 Å². The van der Waals surface area contributed by atoms with Gasteiger partial charge in [0, 0.05) is 24.2 Å². The summed E-state index contributed by atoms with van der Waals surface area (Å²) in [5.41, 5.74) is 0.811. The molecule has 2 amide bonds. The minimum atomic E-state index is -2.90. The van der Waals surface area contributed by atoms with Gasteiger partial charge < -0.3 is 10.6 Å². The van der Waals surface area contributed by atoms with Crippen LogP contribution in [0, 0.1) is 5.82 Å². The Morgan fingerprint density at radius 3 is 2.71 bits per heavy atom. The molecule has 0 saturated heterocycles. The van der Waals surface area contributed by atoms with Gasteiger partial charge in [-0.2, -0.15) is 0 Å². The Hall–Kier alpha value is -3.85. The number of carbonyl (C=O) groups excluding carboxylic acids is 1. The second kappa shape index (κ2) is 10.2. The third kappa shape index (κ3) is 5.81. The highest BCUT2D eigenvalue weighted by Crippen LogP contribution is 2.26. The van der Waals surface area contributed by atoms with Crippen molar-refractivity contribution in [3.63, 3.8) is 0 Å². The predicted octanol–water partition coefficient (Wildman–Crippen LogP) is 3.52. The van der Waals surface area contributed by atoms with E-state index < -0.39 is 27.3 Å². The quantitative estimate of drug-likeness (QED) is 0.342. The minimum absolute atomic E-state index is 0.0158. The van der Waals surface area contributed by atoms with Gasteiger partial charge in [0.2, 0.25) is 11.6 Å². The molecule has 0 fully saturated rings. The van der Waals surface area contributed by atoms with E-state index in [0.717, 1.165) is 10.6 Å². The molecule has 1 atom stereocenters. The highest BCUT2D eigenvalue weighted by atomic mass is 79.9. The number of halogens is 2. The summed E-state index contributed by atoms with van der Waals surface area (Å²) in [6.45, 7) is 0.0723. The maximum Gasteiger partial charge on any atom is 0.446 e. The van der Waals surface area contributed by atoms with Gasteiger partial charge in [0.1, 0.15) is 5.82 Å². The summed E-state index contributed by atoms with van der Waals surface area (Å²) in [5.74, 6) is -1.35. The lowest BCUT2D eigenvalue weighted by molar-refractivity contribution is 0.260. The van der Waals surface area contributed by atoms with Crippen LogP contribution in [0.25, 0.3) is 17.2 Å². The van der Waals surface area contributed by atoms with E-state index in [9.17, 15) is 18.2 Å². The third-order valence-electron chi connectivity index (χ3n) is 4.54. The van der Waals surface area contributed by atoms with Crippen molar-refractivity contribution in [3.8, 4) is 17.2 Å². The molecule has 0 saturated carbocycles. The molecule has 15 heteroatoms. The molecule has 1 unspecified atom stereocenters. The van der Waals surface area contributed by atoms with Crippen LogP contribution in [-0.4, -0.2) is 48.8 Å². The standard InChI is InChI=1S/C20H17BrFN7O5S/c1-35(32,28-19(30)24-12-5-3-2-4-6-12)10-9-23-17-16(25-34-26-17)18-27-33-20(31)29(18)13-7-8-15(22)14(21)11-13/h2-8,11H,9-10H2,1H3,(H,23,26)(H,24,30). The van der Waals surface area contributed by atoms with Gasteiger partial charge in [-0.3, -0.25) is 4.52 Å². The zero-order valence-electron chi connectivity index (χ0n) is 18.0. The lowest BCUT2D eigenvalue weighted by atomic mass is 10.3. The Morgan fingerprint density at radius 1 is 1.20 bits per heavy atom. The fourth-order valence-electron chi connectivity index (χ4n) is 2.95. The second-order valence-corrected chi connectivity index (χ2v) is 10.5. The van der Waals surface area contributed by atoms with Crippen LogP contribution in [0.2, 0.25) is 0 Å². The van der Waals surface area contributed by atoms with E-state index in [1.54, 1.807) is 30.3 Å². The number of aromatic nitrogens is 4.